The maximum Gasteiger partial charge on any atom is 0.273 e. The van der Waals surface area contributed by atoms with Crippen molar-refractivity contribution in [2.24, 2.45) is 0 Å². The normalized spacial score (nSPS) is 12.0. The number of nitrogens with zero attached hydrogens (tertiary/aromatic N) is 2. The first kappa shape index (κ1) is 15.9. The number of carbonyl (C=O) groups is 1. The van der Waals surface area contributed by atoms with Gasteiger partial charge in [0.1, 0.15) is 11.8 Å². The summed E-state index contributed by atoms with van der Waals surface area (Å²) in [5, 5.41) is 14.1. The molecule has 1 N–H and O–H groups in total. The monoisotopic (exact) mass is 344 g/mol. The van der Waals surface area contributed by atoms with E-state index in [1.807, 2.05) is 47.8 Å². The number of thiazole rings is 1. The van der Waals surface area contributed by atoms with Crippen molar-refractivity contribution in [2.45, 2.75) is 12.6 Å². The van der Waals surface area contributed by atoms with Crippen molar-refractivity contribution in [3.63, 3.8) is 0 Å². The number of hydrogen-bond acceptors (Lipinski definition) is 5. The van der Waals surface area contributed by atoms with Gasteiger partial charge in [0.15, 0.2) is 0 Å². The molecule has 0 aliphatic rings. The highest BCUT2D eigenvalue weighted by atomic mass is 32.1. The molecule has 6 heteroatoms. The van der Waals surface area contributed by atoms with E-state index in [9.17, 15) is 9.90 Å². The molecule has 0 spiro atoms. The van der Waals surface area contributed by atoms with Crippen molar-refractivity contribution >= 4 is 28.6 Å². The Labute approximate surface area is 142 Å². The van der Waals surface area contributed by atoms with Gasteiger partial charge in [-0.2, -0.15) is 0 Å². The number of aromatic nitrogens is 1. The fourth-order valence-corrected chi connectivity index (χ4v) is 3.51. The molecule has 2 aromatic heterocycles. The lowest BCUT2D eigenvalue weighted by Crippen LogP contribution is -2.34. The maximum absolute atomic E-state index is 12.7. The molecule has 0 fully saturated rings. The van der Waals surface area contributed by atoms with E-state index in [4.69, 9.17) is 0 Å². The summed E-state index contributed by atoms with van der Waals surface area (Å²) < 4.78 is 0. The van der Waals surface area contributed by atoms with Gasteiger partial charge in [-0.1, -0.05) is 36.4 Å². The number of benzene rings is 1. The van der Waals surface area contributed by atoms with Crippen molar-refractivity contribution < 1.29 is 9.90 Å². The Bertz CT molecular complexity index is 727. The van der Waals surface area contributed by atoms with Gasteiger partial charge in [0.25, 0.3) is 5.91 Å². The van der Waals surface area contributed by atoms with Crippen LogP contribution < -0.4 is 0 Å². The summed E-state index contributed by atoms with van der Waals surface area (Å²) in [4.78, 5) is 19.3. The van der Waals surface area contributed by atoms with E-state index in [1.165, 1.54) is 22.7 Å². The van der Waals surface area contributed by atoms with Crippen LogP contribution in [0.3, 0.4) is 0 Å². The molecule has 0 aliphatic heterocycles. The standard InChI is InChI=1S/C17H16N2O2S2/c20-15(16-7-4-8-23-16)10-19(9-13-5-2-1-3-6-13)17(21)14-11-22-12-18-14/h1-8,11-12,15,20H,9-10H2/t15-/m1/s1. The fraction of sp³-hybridized carbons (Fsp3) is 0.176. The van der Waals surface area contributed by atoms with Gasteiger partial charge >= 0.3 is 0 Å². The van der Waals surface area contributed by atoms with E-state index in [2.05, 4.69) is 4.98 Å². The van der Waals surface area contributed by atoms with Crippen LogP contribution in [-0.2, 0) is 6.54 Å². The van der Waals surface area contributed by atoms with E-state index >= 15 is 0 Å². The largest absolute Gasteiger partial charge is 0.386 e. The Morgan fingerprint density at radius 1 is 1.22 bits per heavy atom. The summed E-state index contributed by atoms with van der Waals surface area (Å²) >= 11 is 2.88. The zero-order valence-corrected chi connectivity index (χ0v) is 14.0. The van der Waals surface area contributed by atoms with Crippen molar-refractivity contribution in [3.8, 4) is 0 Å². The third-order valence-corrected chi connectivity index (χ3v) is 4.98. The highest BCUT2D eigenvalue weighted by Crippen LogP contribution is 2.21. The Morgan fingerprint density at radius 2 is 2.04 bits per heavy atom. The predicted molar refractivity (Wildman–Crippen MR) is 92.6 cm³/mol. The Hall–Kier alpha value is -2.02. The van der Waals surface area contributed by atoms with Gasteiger partial charge in [-0.3, -0.25) is 4.79 Å². The van der Waals surface area contributed by atoms with Crippen LogP contribution in [0.25, 0.3) is 0 Å². The molecule has 1 amide bonds. The molecule has 4 nitrogen and oxygen atoms in total. The van der Waals surface area contributed by atoms with Crippen molar-refractivity contribution in [3.05, 3.63) is 74.9 Å². The molecular formula is C17H16N2O2S2. The quantitative estimate of drug-likeness (QED) is 0.743. The van der Waals surface area contributed by atoms with Crippen LogP contribution in [-0.4, -0.2) is 27.4 Å². The van der Waals surface area contributed by atoms with Gasteiger partial charge in [-0.05, 0) is 17.0 Å². The van der Waals surface area contributed by atoms with Crippen LogP contribution >= 0.6 is 22.7 Å². The summed E-state index contributed by atoms with van der Waals surface area (Å²) in [5.74, 6) is -0.161. The molecule has 0 aliphatic carbocycles. The van der Waals surface area contributed by atoms with Gasteiger partial charge in [-0.15, -0.1) is 22.7 Å². The Morgan fingerprint density at radius 3 is 2.70 bits per heavy atom. The number of rotatable bonds is 6. The molecule has 23 heavy (non-hydrogen) atoms. The third kappa shape index (κ3) is 4.04. The summed E-state index contributed by atoms with van der Waals surface area (Å²) in [6.45, 7) is 0.686. The second-order valence-corrected chi connectivity index (χ2v) is 6.77. The van der Waals surface area contributed by atoms with Gasteiger partial charge in [-0.25, -0.2) is 4.98 Å². The Kier molecular flexibility index (Phi) is 5.17. The first-order valence-electron chi connectivity index (χ1n) is 7.17. The lowest BCUT2D eigenvalue weighted by molar-refractivity contribution is 0.0604. The molecule has 3 rings (SSSR count). The third-order valence-electron chi connectivity index (χ3n) is 3.42. The minimum absolute atomic E-state index is 0.161. The van der Waals surface area contributed by atoms with Crippen LogP contribution in [0.15, 0.2) is 58.7 Å². The van der Waals surface area contributed by atoms with Crippen LogP contribution in [0, 0.1) is 0 Å². The molecule has 0 saturated carbocycles. The fourth-order valence-electron chi connectivity index (χ4n) is 2.28. The minimum atomic E-state index is -0.693. The number of amides is 1. The van der Waals surface area contributed by atoms with Crippen molar-refractivity contribution in [1.82, 2.24) is 9.88 Å². The highest BCUT2D eigenvalue weighted by molar-refractivity contribution is 7.10. The second kappa shape index (κ2) is 7.50. The summed E-state index contributed by atoms with van der Waals surface area (Å²) in [6.07, 6.45) is -0.693. The number of carbonyl (C=O) groups excluding carboxylic acids is 1. The molecular weight excluding hydrogens is 328 g/mol. The SMILES string of the molecule is O=C(c1cscn1)N(Cc1ccccc1)C[C@@H](O)c1cccs1. The average Bonchev–Trinajstić information content (AvgIpc) is 3.27. The molecule has 2 heterocycles. The van der Waals surface area contributed by atoms with E-state index in [0.717, 1.165) is 10.4 Å². The maximum atomic E-state index is 12.7. The van der Waals surface area contributed by atoms with Crippen molar-refractivity contribution in [1.29, 1.82) is 0 Å². The van der Waals surface area contributed by atoms with E-state index in [0.29, 0.717) is 12.2 Å². The first-order valence-corrected chi connectivity index (χ1v) is 8.99. The molecule has 0 bridgehead atoms. The second-order valence-electron chi connectivity index (χ2n) is 5.08. The zero-order chi connectivity index (χ0) is 16.1. The van der Waals surface area contributed by atoms with Crippen LogP contribution in [0.4, 0.5) is 0 Å². The summed E-state index contributed by atoms with van der Waals surface area (Å²) in [6, 6.07) is 13.5. The highest BCUT2D eigenvalue weighted by Gasteiger charge is 2.22. The average molecular weight is 344 g/mol. The molecule has 0 radical (unpaired) electrons. The van der Waals surface area contributed by atoms with Crippen LogP contribution in [0.2, 0.25) is 0 Å². The smallest absolute Gasteiger partial charge is 0.273 e. The molecule has 1 aromatic carbocycles. The number of thiophene rings is 1. The summed E-state index contributed by atoms with van der Waals surface area (Å²) in [7, 11) is 0. The van der Waals surface area contributed by atoms with Crippen LogP contribution in [0.1, 0.15) is 27.0 Å². The number of aliphatic hydroxyl groups excluding tert-OH is 1. The number of aliphatic hydroxyl groups is 1. The van der Waals surface area contributed by atoms with Crippen LogP contribution in [0.5, 0.6) is 0 Å². The van der Waals surface area contributed by atoms with Gasteiger partial charge in [0, 0.05) is 16.8 Å². The number of hydrogen-bond donors (Lipinski definition) is 1. The van der Waals surface area contributed by atoms with Gasteiger partial charge in [0.2, 0.25) is 0 Å². The molecule has 0 unspecified atom stereocenters. The van der Waals surface area contributed by atoms with E-state index in [-0.39, 0.29) is 12.5 Å². The lowest BCUT2D eigenvalue weighted by Gasteiger charge is -2.24. The van der Waals surface area contributed by atoms with E-state index in [1.54, 1.807) is 15.8 Å². The lowest BCUT2D eigenvalue weighted by atomic mass is 10.2. The molecule has 1 atom stereocenters. The first-order chi connectivity index (χ1) is 11.2. The van der Waals surface area contributed by atoms with Gasteiger partial charge in [0.05, 0.1) is 12.1 Å². The topological polar surface area (TPSA) is 53.4 Å². The Balaban J connectivity index is 1.79. The van der Waals surface area contributed by atoms with E-state index < -0.39 is 6.10 Å². The molecule has 3 aromatic rings. The predicted octanol–water partition coefficient (Wildman–Crippen LogP) is 3.58. The minimum Gasteiger partial charge on any atom is -0.386 e. The zero-order valence-electron chi connectivity index (χ0n) is 12.3. The molecule has 0 saturated heterocycles. The summed E-state index contributed by atoms with van der Waals surface area (Å²) in [5.41, 5.74) is 3.09. The van der Waals surface area contributed by atoms with Gasteiger partial charge < -0.3 is 10.0 Å². The van der Waals surface area contributed by atoms with Crippen molar-refractivity contribution in [2.75, 3.05) is 6.54 Å². The molecule has 118 valence electrons.